The predicted octanol–water partition coefficient (Wildman–Crippen LogP) is 2.51. The van der Waals surface area contributed by atoms with Gasteiger partial charge in [-0.15, -0.1) is 0 Å². The van der Waals surface area contributed by atoms with Gasteiger partial charge in [0.15, 0.2) is 0 Å². The van der Waals surface area contributed by atoms with Gasteiger partial charge in [0.25, 0.3) is 5.91 Å². The molecule has 0 atom stereocenters. The van der Waals surface area contributed by atoms with Gasteiger partial charge >= 0.3 is 0 Å². The fourth-order valence-electron chi connectivity index (χ4n) is 1.86. The quantitative estimate of drug-likeness (QED) is 0.761. The molecule has 0 fully saturated rings. The van der Waals surface area contributed by atoms with Crippen molar-refractivity contribution >= 4 is 29.0 Å². The Morgan fingerprint density at radius 2 is 1.83 bits per heavy atom. The van der Waals surface area contributed by atoms with Crippen molar-refractivity contribution in [2.45, 2.75) is 20.3 Å². The molecule has 7 nitrogen and oxygen atoms in total. The standard InChI is InChI=1S/C16H19N5O2/c1-3-7-17-15-10-18-14(9-19-15)16(23)21-13-6-4-5-12(8-13)20-11(2)22/h4-6,8-10H,3,7H2,1-2H3,(H,17,19)(H,20,22)(H,21,23). The molecule has 0 aliphatic heterocycles. The summed E-state index contributed by atoms with van der Waals surface area (Å²) >= 11 is 0. The molecular formula is C16H19N5O2. The van der Waals surface area contributed by atoms with Crippen LogP contribution >= 0.6 is 0 Å². The van der Waals surface area contributed by atoms with Crippen LogP contribution in [-0.4, -0.2) is 28.3 Å². The summed E-state index contributed by atoms with van der Waals surface area (Å²) in [6.07, 6.45) is 3.93. The molecule has 2 aromatic rings. The Labute approximate surface area is 134 Å². The molecule has 1 aromatic heterocycles. The Bertz CT molecular complexity index is 685. The van der Waals surface area contributed by atoms with Crippen molar-refractivity contribution in [3.8, 4) is 0 Å². The minimum Gasteiger partial charge on any atom is -0.369 e. The number of amides is 2. The minimum absolute atomic E-state index is 0.172. The lowest BCUT2D eigenvalue weighted by Gasteiger charge is -2.08. The summed E-state index contributed by atoms with van der Waals surface area (Å²) in [7, 11) is 0. The van der Waals surface area contributed by atoms with Crippen molar-refractivity contribution in [2.24, 2.45) is 0 Å². The first-order chi connectivity index (χ1) is 11.1. The van der Waals surface area contributed by atoms with E-state index in [0.29, 0.717) is 17.2 Å². The van der Waals surface area contributed by atoms with Gasteiger partial charge in [-0.2, -0.15) is 0 Å². The van der Waals surface area contributed by atoms with Gasteiger partial charge in [-0.05, 0) is 24.6 Å². The van der Waals surface area contributed by atoms with Crippen LogP contribution < -0.4 is 16.0 Å². The number of hydrogen-bond donors (Lipinski definition) is 3. The molecule has 0 spiro atoms. The zero-order valence-corrected chi connectivity index (χ0v) is 13.1. The third kappa shape index (κ3) is 5.06. The molecule has 0 saturated carbocycles. The topological polar surface area (TPSA) is 96.0 Å². The van der Waals surface area contributed by atoms with E-state index >= 15 is 0 Å². The number of rotatable bonds is 6. The molecule has 2 amide bonds. The molecule has 0 unspecified atom stereocenters. The molecule has 120 valence electrons. The first-order valence-electron chi connectivity index (χ1n) is 7.33. The molecule has 7 heteroatoms. The summed E-state index contributed by atoms with van der Waals surface area (Å²) in [5.41, 5.74) is 1.40. The molecule has 0 aliphatic rings. The number of hydrogen-bond acceptors (Lipinski definition) is 5. The van der Waals surface area contributed by atoms with E-state index in [-0.39, 0.29) is 17.5 Å². The van der Waals surface area contributed by atoms with Gasteiger partial charge in [-0.1, -0.05) is 13.0 Å². The second-order valence-corrected chi connectivity index (χ2v) is 4.93. The SMILES string of the molecule is CCCNc1cnc(C(=O)Nc2cccc(NC(C)=O)c2)cn1. The van der Waals surface area contributed by atoms with Crippen LogP contribution in [0.1, 0.15) is 30.8 Å². The Balaban J connectivity index is 2.02. The summed E-state index contributed by atoms with van der Waals surface area (Å²) < 4.78 is 0. The van der Waals surface area contributed by atoms with Gasteiger partial charge in [0.1, 0.15) is 11.5 Å². The molecule has 0 aliphatic carbocycles. The number of benzene rings is 1. The summed E-state index contributed by atoms with van der Waals surface area (Å²) in [4.78, 5) is 31.4. The third-order valence-corrected chi connectivity index (χ3v) is 2.88. The molecule has 0 saturated heterocycles. The van der Waals surface area contributed by atoms with E-state index in [1.54, 1.807) is 24.3 Å². The summed E-state index contributed by atoms with van der Waals surface area (Å²) in [5, 5.41) is 8.47. The van der Waals surface area contributed by atoms with Crippen LogP contribution in [0.25, 0.3) is 0 Å². The van der Waals surface area contributed by atoms with E-state index in [4.69, 9.17) is 0 Å². The smallest absolute Gasteiger partial charge is 0.275 e. The lowest BCUT2D eigenvalue weighted by molar-refractivity contribution is -0.114. The normalized spacial score (nSPS) is 10.0. The first-order valence-corrected chi connectivity index (χ1v) is 7.33. The molecular weight excluding hydrogens is 294 g/mol. The molecule has 23 heavy (non-hydrogen) atoms. The van der Waals surface area contributed by atoms with Gasteiger partial charge < -0.3 is 16.0 Å². The van der Waals surface area contributed by atoms with Crippen LogP contribution in [0.4, 0.5) is 17.2 Å². The average molecular weight is 313 g/mol. The monoisotopic (exact) mass is 313 g/mol. The fourth-order valence-corrected chi connectivity index (χ4v) is 1.86. The molecule has 2 rings (SSSR count). The van der Waals surface area contributed by atoms with E-state index in [2.05, 4.69) is 32.8 Å². The van der Waals surface area contributed by atoms with Gasteiger partial charge in [0.05, 0.1) is 12.4 Å². The van der Waals surface area contributed by atoms with Gasteiger partial charge in [-0.25, -0.2) is 9.97 Å². The van der Waals surface area contributed by atoms with Gasteiger partial charge in [0, 0.05) is 24.8 Å². The largest absolute Gasteiger partial charge is 0.369 e. The fraction of sp³-hybridized carbons (Fsp3) is 0.250. The maximum Gasteiger partial charge on any atom is 0.275 e. The zero-order chi connectivity index (χ0) is 16.7. The van der Waals surface area contributed by atoms with Crippen molar-refractivity contribution in [3.05, 3.63) is 42.4 Å². The molecule has 0 bridgehead atoms. The van der Waals surface area contributed by atoms with Crippen LogP contribution in [0.2, 0.25) is 0 Å². The highest BCUT2D eigenvalue weighted by atomic mass is 16.2. The minimum atomic E-state index is -0.362. The van der Waals surface area contributed by atoms with Crippen molar-refractivity contribution in [1.82, 2.24) is 9.97 Å². The third-order valence-electron chi connectivity index (χ3n) is 2.88. The van der Waals surface area contributed by atoms with Crippen LogP contribution in [0.15, 0.2) is 36.7 Å². The Hall–Kier alpha value is -2.96. The molecule has 1 aromatic carbocycles. The van der Waals surface area contributed by atoms with Crippen LogP contribution in [0.3, 0.4) is 0 Å². The van der Waals surface area contributed by atoms with E-state index in [0.717, 1.165) is 13.0 Å². The number of carbonyl (C=O) groups is 2. The zero-order valence-electron chi connectivity index (χ0n) is 13.1. The number of anilines is 3. The summed E-state index contributed by atoms with van der Waals surface area (Å²) in [6, 6.07) is 6.88. The number of nitrogens with zero attached hydrogens (tertiary/aromatic N) is 2. The van der Waals surface area contributed by atoms with Crippen molar-refractivity contribution < 1.29 is 9.59 Å². The van der Waals surface area contributed by atoms with E-state index < -0.39 is 0 Å². The molecule has 3 N–H and O–H groups in total. The predicted molar refractivity (Wildman–Crippen MR) is 89.5 cm³/mol. The number of nitrogens with one attached hydrogen (secondary N) is 3. The van der Waals surface area contributed by atoms with Crippen molar-refractivity contribution in [2.75, 3.05) is 22.5 Å². The number of carbonyl (C=O) groups excluding carboxylic acids is 2. The average Bonchev–Trinajstić information content (AvgIpc) is 2.53. The number of aromatic nitrogens is 2. The Morgan fingerprint density at radius 3 is 2.43 bits per heavy atom. The Morgan fingerprint density at radius 1 is 1.09 bits per heavy atom. The summed E-state index contributed by atoms with van der Waals surface area (Å²) in [6.45, 7) is 4.28. The Kier molecular flexibility index (Phi) is 5.62. The summed E-state index contributed by atoms with van der Waals surface area (Å²) in [5.74, 6) is 0.102. The van der Waals surface area contributed by atoms with Gasteiger partial charge in [-0.3, -0.25) is 9.59 Å². The van der Waals surface area contributed by atoms with E-state index in [9.17, 15) is 9.59 Å². The van der Waals surface area contributed by atoms with Crippen LogP contribution in [-0.2, 0) is 4.79 Å². The highest BCUT2D eigenvalue weighted by Gasteiger charge is 2.09. The lowest BCUT2D eigenvalue weighted by atomic mass is 10.2. The van der Waals surface area contributed by atoms with E-state index in [1.165, 1.54) is 19.3 Å². The van der Waals surface area contributed by atoms with Crippen LogP contribution in [0, 0.1) is 0 Å². The first kappa shape index (κ1) is 16.4. The maximum absolute atomic E-state index is 12.2. The highest BCUT2D eigenvalue weighted by molar-refractivity contribution is 6.03. The van der Waals surface area contributed by atoms with Crippen molar-refractivity contribution in [3.63, 3.8) is 0 Å². The van der Waals surface area contributed by atoms with E-state index in [1.807, 2.05) is 0 Å². The molecule has 0 radical (unpaired) electrons. The lowest BCUT2D eigenvalue weighted by Crippen LogP contribution is -2.15. The van der Waals surface area contributed by atoms with Gasteiger partial charge in [0.2, 0.25) is 5.91 Å². The highest BCUT2D eigenvalue weighted by Crippen LogP contribution is 2.15. The molecule has 1 heterocycles. The maximum atomic E-state index is 12.2. The van der Waals surface area contributed by atoms with Crippen LogP contribution in [0.5, 0.6) is 0 Å². The van der Waals surface area contributed by atoms with Crippen molar-refractivity contribution in [1.29, 1.82) is 0 Å². The second kappa shape index (κ2) is 7.88. The second-order valence-electron chi connectivity index (χ2n) is 4.93.